The number of aromatic nitrogens is 2. The minimum atomic E-state index is 0.161. The summed E-state index contributed by atoms with van der Waals surface area (Å²) in [6, 6.07) is 0.293. The molecule has 0 amide bonds. The number of aryl methyl sites for hydroxylation is 1. The Labute approximate surface area is 102 Å². The van der Waals surface area contributed by atoms with E-state index in [2.05, 4.69) is 12.0 Å². The van der Waals surface area contributed by atoms with Crippen molar-refractivity contribution in [3.05, 3.63) is 18.0 Å². The molecule has 1 aliphatic rings. The van der Waals surface area contributed by atoms with Gasteiger partial charge >= 0.3 is 0 Å². The number of nitrogens with zero attached hydrogens (tertiary/aromatic N) is 2. The average Bonchev–Trinajstić information content (AvgIpc) is 2.78. The van der Waals surface area contributed by atoms with Gasteiger partial charge in [-0.1, -0.05) is 6.92 Å². The molecular weight excluding hydrogens is 214 g/mol. The highest BCUT2D eigenvalue weighted by atomic mass is 16.1. The van der Waals surface area contributed by atoms with Gasteiger partial charge in [0.05, 0.1) is 11.8 Å². The van der Waals surface area contributed by atoms with E-state index in [0.29, 0.717) is 6.04 Å². The summed E-state index contributed by atoms with van der Waals surface area (Å²) in [6.45, 7) is 2.98. The van der Waals surface area contributed by atoms with Crippen molar-refractivity contribution in [2.75, 3.05) is 0 Å². The van der Waals surface area contributed by atoms with Gasteiger partial charge in [-0.3, -0.25) is 9.48 Å². The van der Waals surface area contributed by atoms with Crippen molar-refractivity contribution in [3.8, 4) is 0 Å². The van der Waals surface area contributed by atoms with E-state index in [4.69, 9.17) is 5.73 Å². The first-order chi connectivity index (χ1) is 8.20. The first kappa shape index (κ1) is 12.3. The minimum absolute atomic E-state index is 0.161. The predicted molar refractivity (Wildman–Crippen MR) is 66.8 cm³/mol. The summed E-state index contributed by atoms with van der Waals surface area (Å²) in [5.74, 6) is 0.410. The molecule has 0 radical (unpaired) electrons. The van der Waals surface area contributed by atoms with Gasteiger partial charge in [-0.25, -0.2) is 0 Å². The third kappa shape index (κ3) is 2.94. The molecule has 0 saturated heterocycles. The van der Waals surface area contributed by atoms with E-state index in [9.17, 15) is 4.79 Å². The largest absolute Gasteiger partial charge is 0.328 e. The Morgan fingerprint density at radius 2 is 2.18 bits per heavy atom. The molecular formula is C13H21N3O. The van der Waals surface area contributed by atoms with E-state index in [-0.39, 0.29) is 11.7 Å². The van der Waals surface area contributed by atoms with E-state index in [1.54, 1.807) is 6.20 Å². The zero-order valence-electron chi connectivity index (χ0n) is 10.4. The maximum atomic E-state index is 12.2. The van der Waals surface area contributed by atoms with Crippen molar-refractivity contribution in [1.82, 2.24) is 9.78 Å². The van der Waals surface area contributed by atoms with Crippen LogP contribution in [0.1, 0.15) is 49.4 Å². The standard InChI is InChI=1S/C13H21N3O/c1-2-7-16-9-11(8-15-16)13(17)10-3-5-12(14)6-4-10/h8-10,12H,2-7,14H2,1H3. The molecule has 0 aromatic carbocycles. The summed E-state index contributed by atoms with van der Waals surface area (Å²) < 4.78 is 1.85. The molecule has 0 atom stereocenters. The van der Waals surface area contributed by atoms with Crippen molar-refractivity contribution >= 4 is 5.78 Å². The molecule has 0 spiro atoms. The summed E-state index contributed by atoms with van der Waals surface area (Å²) in [4.78, 5) is 12.2. The molecule has 2 N–H and O–H groups in total. The molecule has 0 unspecified atom stereocenters. The van der Waals surface area contributed by atoms with Gasteiger partial charge in [-0.05, 0) is 32.1 Å². The second kappa shape index (κ2) is 5.45. The first-order valence-corrected chi connectivity index (χ1v) is 6.53. The summed E-state index contributed by atoms with van der Waals surface area (Å²) in [6.07, 6.45) is 8.41. The summed E-state index contributed by atoms with van der Waals surface area (Å²) in [5, 5.41) is 4.21. The topological polar surface area (TPSA) is 60.9 Å². The lowest BCUT2D eigenvalue weighted by atomic mass is 9.82. The van der Waals surface area contributed by atoms with Gasteiger partial charge in [0.15, 0.2) is 5.78 Å². The lowest BCUT2D eigenvalue weighted by Crippen LogP contribution is -2.29. The number of carbonyl (C=O) groups excluding carboxylic acids is 1. The number of ketones is 1. The summed E-state index contributed by atoms with van der Waals surface area (Å²) in [7, 11) is 0. The van der Waals surface area contributed by atoms with E-state index in [0.717, 1.165) is 44.2 Å². The quantitative estimate of drug-likeness (QED) is 0.812. The smallest absolute Gasteiger partial charge is 0.169 e. The molecule has 1 aromatic heterocycles. The van der Waals surface area contributed by atoms with Crippen molar-refractivity contribution in [2.45, 2.75) is 51.6 Å². The van der Waals surface area contributed by atoms with Crippen LogP contribution in [0.2, 0.25) is 0 Å². The Kier molecular flexibility index (Phi) is 3.94. The normalized spacial score (nSPS) is 24.8. The van der Waals surface area contributed by atoms with Gasteiger partial charge in [0, 0.05) is 24.7 Å². The van der Waals surface area contributed by atoms with Crippen LogP contribution in [0, 0.1) is 5.92 Å². The number of nitrogens with two attached hydrogens (primary N) is 1. The minimum Gasteiger partial charge on any atom is -0.328 e. The lowest BCUT2D eigenvalue weighted by molar-refractivity contribution is 0.0884. The van der Waals surface area contributed by atoms with E-state index in [1.165, 1.54) is 0 Å². The van der Waals surface area contributed by atoms with Crippen molar-refractivity contribution in [2.24, 2.45) is 11.7 Å². The molecule has 17 heavy (non-hydrogen) atoms. The van der Waals surface area contributed by atoms with Crippen LogP contribution in [-0.4, -0.2) is 21.6 Å². The summed E-state index contributed by atoms with van der Waals surface area (Å²) >= 11 is 0. The highest BCUT2D eigenvalue weighted by molar-refractivity contribution is 5.97. The van der Waals surface area contributed by atoms with E-state index >= 15 is 0 Å². The fourth-order valence-corrected chi connectivity index (χ4v) is 2.46. The van der Waals surface area contributed by atoms with Crippen molar-refractivity contribution < 1.29 is 4.79 Å². The number of carbonyl (C=O) groups is 1. The molecule has 2 rings (SSSR count). The molecule has 4 nitrogen and oxygen atoms in total. The van der Waals surface area contributed by atoms with Crippen molar-refractivity contribution in [3.63, 3.8) is 0 Å². The number of rotatable bonds is 4. The lowest BCUT2D eigenvalue weighted by Gasteiger charge is -2.24. The number of Topliss-reactive ketones (excluding diaryl/α,β-unsaturated/α-hetero) is 1. The molecule has 1 saturated carbocycles. The molecule has 1 aromatic rings. The van der Waals surface area contributed by atoms with Gasteiger partial charge in [0.1, 0.15) is 0 Å². The van der Waals surface area contributed by atoms with Gasteiger partial charge in [-0.15, -0.1) is 0 Å². The van der Waals surface area contributed by atoms with Crippen LogP contribution in [0.15, 0.2) is 12.4 Å². The second-order valence-electron chi connectivity index (χ2n) is 4.97. The monoisotopic (exact) mass is 235 g/mol. The van der Waals surface area contributed by atoms with Gasteiger partial charge in [0.25, 0.3) is 0 Å². The highest BCUT2D eigenvalue weighted by Gasteiger charge is 2.26. The Morgan fingerprint density at radius 1 is 1.47 bits per heavy atom. The van der Waals surface area contributed by atoms with Gasteiger partial charge in [-0.2, -0.15) is 5.10 Å². The maximum Gasteiger partial charge on any atom is 0.169 e. The average molecular weight is 235 g/mol. The Morgan fingerprint density at radius 3 is 2.82 bits per heavy atom. The van der Waals surface area contributed by atoms with Crippen LogP contribution in [0.4, 0.5) is 0 Å². The fourth-order valence-electron chi connectivity index (χ4n) is 2.46. The van der Waals surface area contributed by atoms with Crippen LogP contribution in [0.25, 0.3) is 0 Å². The van der Waals surface area contributed by atoms with Crippen molar-refractivity contribution in [1.29, 1.82) is 0 Å². The Hall–Kier alpha value is -1.16. The van der Waals surface area contributed by atoms with Crippen LogP contribution in [-0.2, 0) is 6.54 Å². The van der Waals surface area contributed by atoms with E-state index < -0.39 is 0 Å². The van der Waals surface area contributed by atoms with E-state index in [1.807, 2.05) is 10.9 Å². The molecule has 1 heterocycles. The zero-order valence-corrected chi connectivity index (χ0v) is 10.4. The number of hydrogen-bond donors (Lipinski definition) is 1. The molecule has 1 aliphatic carbocycles. The molecule has 4 heteroatoms. The molecule has 0 aliphatic heterocycles. The highest BCUT2D eigenvalue weighted by Crippen LogP contribution is 2.26. The molecule has 94 valence electrons. The fraction of sp³-hybridized carbons (Fsp3) is 0.692. The maximum absolute atomic E-state index is 12.2. The molecule has 0 bridgehead atoms. The van der Waals surface area contributed by atoms with Gasteiger partial charge < -0.3 is 5.73 Å². The second-order valence-corrected chi connectivity index (χ2v) is 4.97. The first-order valence-electron chi connectivity index (χ1n) is 6.53. The zero-order chi connectivity index (χ0) is 12.3. The summed E-state index contributed by atoms with van der Waals surface area (Å²) in [5.41, 5.74) is 6.61. The Bertz CT molecular complexity index is 378. The van der Waals surface area contributed by atoms with Crippen LogP contribution < -0.4 is 5.73 Å². The van der Waals surface area contributed by atoms with Gasteiger partial charge in [0.2, 0.25) is 0 Å². The van der Waals surface area contributed by atoms with Crippen LogP contribution in [0.5, 0.6) is 0 Å². The predicted octanol–water partition coefficient (Wildman–Crippen LogP) is 1.99. The molecule has 1 fully saturated rings. The van der Waals surface area contributed by atoms with Crippen LogP contribution in [0.3, 0.4) is 0 Å². The van der Waals surface area contributed by atoms with Crippen LogP contribution >= 0.6 is 0 Å². The Balaban J connectivity index is 1.98. The third-order valence-electron chi connectivity index (χ3n) is 3.51. The SMILES string of the molecule is CCCn1cc(C(=O)C2CCC(N)CC2)cn1. The third-order valence-corrected chi connectivity index (χ3v) is 3.51. The number of hydrogen-bond acceptors (Lipinski definition) is 3.